The molecule has 82 valence electrons. The maximum absolute atomic E-state index is 10.8. The zero-order valence-electron chi connectivity index (χ0n) is 7.63. The van der Waals surface area contributed by atoms with E-state index < -0.39 is 0 Å². The molecule has 0 atom stereocenters. The first-order valence-corrected chi connectivity index (χ1v) is 6.38. The van der Waals surface area contributed by atoms with Crippen molar-refractivity contribution in [2.75, 3.05) is 11.0 Å². The highest BCUT2D eigenvalue weighted by Gasteiger charge is 2.04. The molecule has 0 saturated heterocycles. The Morgan fingerprint density at radius 1 is 0.857 bits per heavy atom. The summed E-state index contributed by atoms with van der Waals surface area (Å²) in [7, 11) is 0. The summed E-state index contributed by atoms with van der Waals surface area (Å²) in [5.41, 5.74) is 0.439. The molecule has 0 amide bonds. The summed E-state index contributed by atoms with van der Waals surface area (Å²) < 4.78 is 9.30. The van der Waals surface area contributed by atoms with Crippen LogP contribution in [0.3, 0.4) is 0 Å². The van der Waals surface area contributed by atoms with Gasteiger partial charge in [-0.25, -0.2) is 0 Å². The minimum atomic E-state index is -0.254. The molecule has 0 rings (SSSR count). The van der Waals surface area contributed by atoms with E-state index in [1.165, 1.54) is 0 Å². The highest BCUT2D eigenvalue weighted by atomic mass is 79.9. The predicted octanol–water partition coefficient (Wildman–Crippen LogP) is 2.34. The van der Waals surface area contributed by atoms with Gasteiger partial charge in [-0.3, -0.25) is 9.59 Å². The summed E-state index contributed by atoms with van der Waals surface area (Å²) in [6.07, 6.45) is 1.97. The SMILES string of the molecule is O=C(CCCCC(=O)OCBr)OCBr. The minimum Gasteiger partial charge on any atom is -0.454 e. The molecule has 4 nitrogen and oxygen atoms in total. The Kier molecular flexibility index (Phi) is 9.39. The second-order valence-electron chi connectivity index (χ2n) is 2.46. The van der Waals surface area contributed by atoms with Gasteiger partial charge >= 0.3 is 11.9 Å². The van der Waals surface area contributed by atoms with Crippen molar-refractivity contribution in [1.82, 2.24) is 0 Å². The number of hydrogen-bond acceptors (Lipinski definition) is 4. The van der Waals surface area contributed by atoms with Crippen LogP contribution in [0, 0.1) is 0 Å². The van der Waals surface area contributed by atoms with Gasteiger partial charge in [0.25, 0.3) is 0 Å². The van der Waals surface area contributed by atoms with Crippen LogP contribution >= 0.6 is 31.9 Å². The third kappa shape index (κ3) is 8.50. The van der Waals surface area contributed by atoms with Crippen LogP contribution in [-0.4, -0.2) is 23.0 Å². The number of hydrogen-bond donors (Lipinski definition) is 0. The highest BCUT2D eigenvalue weighted by Crippen LogP contribution is 2.03. The molecule has 0 aromatic rings. The molecule has 0 aliphatic heterocycles. The average Bonchev–Trinajstić information content (AvgIpc) is 2.13. The van der Waals surface area contributed by atoms with Gasteiger partial charge < -0.3 is 9.47 Å². The van der Waals surface area contributed by atoms with Crippen LogP contribution in [0.2, 0.25) is 0 Å². The predicted molar refractivity (Wildman–Crippen MR) is 58.2 cm³/mol. The fourth-order valence-corrected chi connectivity index (χ4v) is 1.32. The third-order valence-corrected chi connectivity index (χ3v) is 1.90. The van der Waals surface area contributed by atoms with Crippen LogP contribution in [0.4, 0.5) is 0 Å². The molecular weight excluding hydrogens is 320 g/mol. The van der Waals surface area contributed by atoms with Crippen LogP contribution in [0.25, 0.3) is 0 Å². The van der Waals surface area contributed by atoms with E-state index in [1.807, 2.05) is 0 Å². The van der Waals surface area contributed by atoms with Gasteiger partial charge in [0.15, 0.2) is 0 Å². The molecule has 14 heavy (non-hydrogen) atoms. The lowest BCUT2D eigenvalue weighted by Gasteiger charge is -2.01. The number of halogens is 2. The third-order valence-electron chi connectivity index (χ3n) is 1.44. The standard InChI is InChI=1S/C8H12Br2O4/c9-5-13-7(11)3-1-2-4-8(12)14-6-10/h1-6H2. The van der Waals surface area contributed by atoms with Crippen molar-refractivity contribution < 1.29 is 19.1 Å². The highest BCUT2D eigenvalue weighted by molar-refractivity contribution is 9.09. The van der Waals surface area contributed by atoms with Gasteiger partial charge in [0.05, 0.1) is 0 Å². The van der Waals surface area contributed by atoms with Crippen molar-refractivity contribution >= 4 is 43.8 Å². The Balaban J connectivity index is 3.28. The van der Waals surface area contributed by atoms with Gasteiger partial charge in [-0.1, -0.05) is 0 Å². The summed E-state index contributed by atoms with van der Waals surface area (Å²) >= 11 is 5.96. The zero-order chi connectivity index (χ0) is 10.8. The van der Waals surface area contributed by atoms with E-state index in [-0.39, 0.29) is 23.0 Å². The van der Waals surface area contributed by atoms with E-state index in [2.05, 4.69) is 41.3 Å². The van der Waals surface area contributed by atoms with Crippen LogP contribution in [-0.2, 0) is 19.1 Å². The normalized spacial score (nSPS) is 9.57. The van der Waals surface area contributed by atoms with Crippen LogP contribution in [0.1, 0.15) is 25.7 Å². The van der Waals surface area contributed by atoms with Gasteiger partial charge in [0.2, 0.25) is 0 Å². The number of esters is 2. The van der Waals surface area contributed by atoms with Crippen molar-refractivity contribution in [3.05, 3.63) is 0 Å². The Hall–Kier alpha value is -0.100. The molecule has 6 heteroatoms. The molecule has 0 aliphatic carbocycles. The van der Waals surface area contributed by atoms with Crippen molar-refractivity contribution in [2.45, 2.75) is 25.7 Å². The summed E-state index contributed by atoms with van der Waals surface area (Å²) in [4.78, 5) is 21.7. The smallest absolute Gasteiger partial charge is 0.306 e. The molecule has 0 radical (unpaired) electrons. The first-order chi connectivity index (χ1) is 6.70. The lowest BCUT2D eigenvalue weighted by molar-refractivity contribution is -0.143. The van der Waals surface area contributed by atoms with Crippen molar-refractivity contribution in [3.63, 3.8) is 0 Å². The summed E-state index contributed by atoms with van der Waals surface area (Å²) in [6.45, 7) is 0. The quantitative estimate of drug-likeness (QED) is 0.408. The monoisotopic (exact) mass is 330 g/mol. The lowest BCUT2D eigenvalue weighted by atomic mass is 10.2. The summed E-state index contributed by atoms with van der Waals surface area (Å²) in [5, 5.41) is 0. The lowest BCUT2D eigenvalue weighted by Crippen LogP contribution is -2.05. The molecule has 0 N–H and O–H groups in total. The van der Waals surface area contributed by atoms with Crippen molar-refractivity contribution in [2.24, 2.45) is 0 Å². The Bertz CT molecular complexity index is 164. The number of carbonyl (C=O) groups excluding carboxylic acids is 2. The molecule has 0 spiro atoms. The Morgan fingerprint density at radius 2 is 1.21 bits per heavy atom. The minimum absolute atomic E-state index is 0.220. The molecule has 0 aromatic carbocycles. The molecule has 0 fully saturated rings. The second-order valence-corrected chi connectivity index (χ2v) is 3.37. The van der Waals surface area contributed by atoms with Gasteiger partial charge in [-0.05, 0) is 44.7 Å². The summed E-state index contributed by atoms with van der Waals surface area (Å²) in [5.74, 6) is -0.508. The first-order valence-electron chi connectivity index (χ1n) is 4.14. The van der Waals surface area contributed by atoms with Crippen molar-refractivity contribution in [1.29, 1.82) is 0 Å². The van der Waals surface area contributed by atoms with Crippen LogP contribution in [0.5, 0.6) is 0 Å². The van der Waals surface area contributed by atoms with Crippen LogP contribution in [0.15, 0.2) is 0 Å². The largest absolute Gasteiger partial charge is 0.454 e. The number of rotatable bonds is 7. The van der Waals surface area contributed by atoms with Gasteiger partial charge in [-0.2, -0.15) is 0 Å². The summed E-state index contributed by atoms with van der Waals surface area (Å²) in [6, 6.07) is 0. The van der Waals surface area contributed by atoms with Gasteiger partial charge in [0, 0.05) is 12.8 Å². The van der Waals surface area contributed by atoms with E-state index >= 15 is 0 Å². The molecule has 0 saturated carbocycles. The number of unbranched alkanes of at least 4 members (excludes halogenated alkanes) is 1. The molecule has 0 bridgehead atoms. The van der Waals surface area contributed by atoms with Crippen LogP contribution < -0.4 is 0 Å². The van der Waals surface area contributed by atoms with Crippen molar-refractivity contribution in [3.8, 4) is 0 Å². The molecular formula is C8H12Br2O4. The Morgan fingerprint density at radius 3 is 1.50 bits per heavy atom. The molecule has 0 heterocycles. The number of carbonyl (C=O) groups is 2. The van der Waals surface area contributed by atoms with E-state index in [0.717, 1.165) is 0 Å². The second kappa shape index (κ2) is 9.45. The zero-order valence-corrected chi connectivity index (χ0v) is 10.8. The average molecular weight is 332 g/mol. The maximum atomic E-state index is 10.8. The topological polar surface area (TPSA) is 52.6 Å². The fourth-order valence-electron chi connectivity index (χ4n) is 0.805. The van der Waals surface area contributed by atoms with E-state index in [9.17, 15) is 9.59 Å². The molecule has 0 aliphatic rings. The molecule has 0 aromatic heterocycles. The maximum Gasteiger partial charge on any atom is 0.306 e. The first kappa shape index (κ1) is 13.9. The Labute approximate surface area is 99.6 Å². The number of ether oxygens (including phenoxy) is 2. The van der Waals surface area contributed by atoms with Gasteiger partial charge in [0.1, 0.15) is 11.0 Å². The molecule has 0 unspecified atom stereocenters. The fraction of sp³-hybridized carbons (Fsp3) is 0.750. The van der Waals surface area contributed by atoms with Gasteiger partial charge in [-0.15, -0.1) is 0 Å². The van der Waals surface area contributed by atoms with E-state index in [1.54, 1.807) is 0 Å². The number of alkyl halides is 2. The van der Waals surface area contributed by atoms with E-state index in [0.29, 0.717) is 25.7 Å². The van der Waals surface area contributed by atoms with E-state index in [4.69, 9.17) is 0 Å².